The monoisotopic (exact) mass is 348 g/mol. The second-order valence-electron chi connectivity index (χ2n) is 8.15. The van der Waals surface area contributed by atoms with Crippen molar-refractivity contribution in [3.63, 3.8) is 0 Å². The third kappa shape index (κ3) is 2.70. The molecule has 3 nitrogen and oxygen atoms in total. The van der Waals surface area contributed by atoms with Gasteiger partial charge in [0.05, 0.1) is 6.61 Å². The Hall–Kier alpha value is -1.68. The van der Waals surface area contributed by atoms with E-state index in [2.05, 4.69) is 58.3 Å². The molecule has 6 rings (SSSR count). The summed E-state index contributed by atoms with van der Waals surface area (Å²) in [6, 6.07) is 18.3. The maximum Gasteiger partial charge on any atom is 0.0558 e. The number of piperazine rings is 1. The van der Waals surface area contributed by atoms with Crippen LogP contribution in [0.1, 0.15) is 40.5 Å². The van der Waals surface area contributed by atoms with Crippen molar-refractivity contribution >= 4 is 0 Å². The minimum Gasteiger partial charge on any atom is -0.395 e. The Balaban J connectivity index is 1.39. The molecule has 3 aliphatic carbocycles. The molecular weight excluding hydrogens is 320 g/mol. The number of β-amino-alcohol motifs (C(OH)–C–C–N with tert-alkyl or cyclic N) is 1. The van der Waals surface area contributed by atoms with Gasteiger partial charge in [-0.3, -0.25) is 4.90 Å². The molecule has 2 aromatic carbocycles. The standard InChI is InChI=1S/C23H28N2O/c26-14-13-24-9-11-25(12-10-24)16-17-15-22-18-5-1-3-7-20(18)23(17)21-8-4-2-6-19(21)22/h1-8,17,22-23,26H,9-16H2. The lowest BCUT2D eigenvalue weighted by Gasteiger charge is -2.47. The van der Waals surface area contributed by atoms with Gasteiger partial charge in [0.2, 0.25) is 0 Å². The first-order valence-corrected chi connectivity index (χ1v) is 10.1. The number of benzene rings is 2. The van der Waals surface area contributed by atoms with Gasteiger partial charge in [-0.2, -0.15) is 0 Å². The summed E-state index contributed by atoms with van der Waals surface area (Å²) in [5.74, 6) is 1.85. The summed E-state index contributed by atoms with van der Waals surface area (Å²) < 4.78 is 0. The van der Waals surface area contributed by atoms with Gasteiger partial charge in [-0.1, -0.05) is 48.5 Å². The highest BCUT2D eigenvalue weighted by Crippen LogP contribution is 2.55. The number of rotatable bonds is 4. The molecule has 2 aromatic rings. The second kappa shape index (κ2) is 6.80. The predicted octanol–water partition coefficient (Wildman–Crippen LogP) is 2.89. The highest BCUT2D eigenvalue weighted by Gasteiger charge is 2.43. The summed E-state index contributed by atoms with van der Waals surface area (Å²) in [5, 5.41) is 9.15. The highest BCUT2D eigenvalue weighted by atomic mass is 16.3. The minimum atomic E-state index is 0.278. The van der Waals surface area contributed by atoms with Gasteiger partial charge in [-0.05, 0) is 34.6 Å². The van der Waals surface area contributed by atoms with Crippen molar-refractivity contribution in [2.24, 2.45) is 5.92 Å². The number of aliphatic hydroxyl groups is 1. The van der Waals surface area contributed by atoms with E-state index in [1.165, 1.54) is 13.0 Å². The topological polar surface area (TPSA) is 26.7 Å². The molecule has 3 heteroatoms. The van der Waals surface area contributed by atoms with Crippen LogP contribution in [-0.2, 0) is 0 Å². The third-order valence-electron chi connectivity index (χ3n) is 6.80. The fourth-order valence-corrected chi connectivity index (χ4v) is 5.61. The van der Waals surface area contributed by atoms with Crippen molar-refractivity contribution in [3.05, 3.63) is 70.8 Å². The number of fused-ring (bicyclic) bond motifs is 1. The predicted molar refractivity (Wildman–Crippen MR) is 105 cm³/mol. The summed E-state index contributed by atoms with van der Waals surface area (Å²) in [6.07, 6.45) is 1.29. The molecule has 1 unspecified atom stereocenters. The van der Waals surface area contributed by atoms with Crippen molar-refractivity contribution < 1.29 is 5.11 Å². The van der Waals surface area contributed by atoms with Crippen LogP contribution in [-0.4, -0.2) is 60.8 Å². The van der Waals surface area contributed by atoms with Crippen LogP contribution in [0.3, 0.4) is 0 Å². The van der Waals surface area contributed by atoms with E-state index in [0.717, 1.165) is 32.7 Å². The normalized spacial score (nSPS) is 28.0. The average Bonchev–Trinajstić information content (AvgIpc) is 2.70. The molecule has 2 bridgehead atoms. The lowest BCUT2D eigenvalue weighted by molar-refractivity contribution is 0.0946. The molecule has 1 saturated heterocycles. The zero-order valence-electron chi connectivity index (χ0n) is 15.3. The molecular formula is C23H28N2O. The van der Waals surface area contributed by atoms with Crippen LogP contribution in [0.2, 0.25) is 0 Å². The molecule has 1 heterocycles. The number of hydrogen-bond acceptors (Lipinski definition) is 3. The molecule has 0 radical (unpaired) electrons. The maximum absolute atomic E-state index is 9.15. The summed E-state index contributed by atoms with van der Waals surface area (Å²) in [7, 11) is 0. The molecule has 0 aromatic heterocycles. The van der Waals surface area contributed by atoms with Crippen LogP contribution in [0.4, 0.5) is 0 Å². The van der Waals surface area contributed by atoms with E-state index in [1.807, 2.05) is 0 Å². The van der Waals surface area contributed by atoms with E-state index < -0.39 is 0 Å². The average molecular weight is 348 g/mol. The van der Waals surface area contributed by atoms with Crippen LogP contribution in [0.25, 0.3) is 0 Å². The van der Waals surface area contributed by atoms with Crippen LogP contribution in [0, 0.1) is 5.92 Å². The summed E-state index contributed by atoms with van der Waals surface area (Å²) in [4.78, 5) is 5.04. The van der Waals surface area contributed by atoms with E-state index in [9.17, 15) is 0 Å². The molecule has 136 valence electrons. The van der Waals surface area contributed by atoms with E-state index in [0.29, 0.717) is 17.8 Å². The molecule has 0 spiro atoms. The van der Waals surface area contributed by atoms with Crippen molar-refractivity contribution in [2.75, 3.05) is 45.9 Å². The van der Waals surface area contributed by atoms with Crippen molar-refractivity contribution in [1.82, 2.24) is 9.80 Å². The van der Waals surface area contributed by atoms with Gasteiger partial charge < -0.3 is 10.0 Å². The fourth-order valence-electron chi connectivity index (χ4n) is 5.61. The Kier molecular flexibility index (Phi) is 4.32. The molecule has 26 heavy (non-hydrogen) atoms. The Bertz CT molecular complexity index is 734. The van der Waals surface area contributed by atoms with Crippen LogP contribution in [0.15, 0.2) is 48.5 Å². The first kappa shape index (κ1) is 16.5. The zero-order chi connectivity index (χ0) is 17.5. The van der Waals surface area contributed by atoms with Crippen molar-refractivity contribution in [3.8, 4) is 0 Å². The SMILES string of the molecule is OCCN1CCN(CC2CC3c4ccccc4C2c2ccccc23)CC1. The smallest absolute Gasteiger partial charge is 0.0558 e. The van der Waals surface area contributed by atoms with Gasteiger partial charge in [0.1, 0.15) is 0 Å². The summed E-state index contributed by atoms with van der Waals surface area (Å²) >= 11 is 0. The number of aliphatic hydroxyl groups excluding tert-OH is 1. The van der Waals surface area contributed by atoms with Crippen LogP contribution >= 0.6 is 0 Å². The van der Waals surface area contributed by atoms with Gasteiger partial charge in [0.15, 0.2) is 0 Å². The fraction of sp³-hybridized carbons (Fsp3) is 0.478. The van der Waals surface area contributed by atoms with E-state index >= 15 is 0 Å². The number of nitrogens with zero attached hydrogens (tertiary/aromatic N) is 2. The third-order valence-corrected chi connectivity index (χ3v) is 6.80. The number of hydrogen-bond donors (Lipinski definition) is 1. The first-order valence-electron chi connectivity index (χ1n) is 10.1. The molecule has 0 saturated carbocycles. The highest BCUT2D eigenvalue weighted by molar-refractivity contribution is 5.55. The Morgan fingerprint density at radius 1 is 0.769 bits per heavy atom. The van der Waals surface area contributed by atoms with Gasteiger partial charge in [-0.15, -0.1) is 0 Å². The lowest BCUT2D eigenvalue weighted by Crippen LogP contribution is -2.49. The minimum absolute atomic E-state index is 0.278. The molecule has 1 N–H and O–H groups in total. The molecule has 1 atom stereocenters. The van der Waals surface area contributed by atoms with Crippen LogP contribution in [0.5, 0.6) is 0 Å². The van der Waals surface area contributed by atoms with Gasteiger partial charge in [0.25, 0.3) is 0 Å². The zero-order valence-corrected chi connectivity index (χ0v) is 15.3. The Labute approximate surface area is 156 Å². The van der Waals surface area contributed by atoms with Crippen molar-refractivity contribution in [2.45, 2.75) is 18.3 Å². The van der Waals surface area contributed by atoms with Gasteiger partial charge >= 0.3 is 0 Å². The lowest BCUT2D eigenvalue weighted by atomic mass is 9.59. The van der Waals surface area contributed by atoms with E-state index in [-0.39, 0.29) is 6.61 Å². The van der Waals surface area contributed by atoms with E-state index in [4.69, 9.17) is 5.11 Å². The second-order valence-corrected chi connectivity index (χ2v) is 8.15. The Morgan fingerprint density at radius 2 is 1.31 bits per heavy atom. The van der Waals surface area contributed by atoms with Gasteiger partial charge in [-0.25, -0.2) is 0 Å². The van der Waals surface area contributed by atoms with Crippen molar-refractivity contribution in [1.29, 1.82) is 0 Å². The van der Waals surface area contributed by atoms with Gasteiger partial charge in [0, 0.05) is 51.1 Å². The molecule has 4 aliphatic rings. The molecule has 0 amide bonds. The maximum atomic E-state index is 9.15. The molecule has 1 fully saturated rings. The van der Waals surface area contributed by atoms with E-state index in [1.54, 1.807) is 22.3 Å². The Morgan fingerprint density at radius 3 is 1.88 bits per heavy atom. The first-order chi connectivity index (χ1) is 12.8. The largest absolute Gasteiger partial charge is 0.395 e. The summed E-state index contributed by atoms with van der Waals surface area (Å²) in [6.45, 7) is 6.76. The molecule has 1 aliphatic heterocycles. The van der Waals surface area contributed by atoms with Crippen LogP contribution < -0.4 is 0 Å². The quantitative estimate of drug-likeness (QED) is 0.920. The summed E-state index contributed by atoms with van der Waals surface area (Å²) in [5.41, 5.74) is 6.29.